The molecule has 4 aromatic heterocycles. The highest BCUT2D eigenvalue weighted by Gasteiger charge is 2.24. The maximum Gasteiger partial charge on any atom is 0.267 e. The minimum absolute atomic E-state index is 0.0514. The van der Waals surface area contributed by atoms with Gasteiger partial charge in [-0.25, -0.2) is 13.4 Å². The minimum Gasteiger partial charge on any atom is -0.305 e. The van der Waals surface area contributed by atoms with Crippen LogP contribution < -0.4 is 11.0 Å². The predicted molar refractivity (Wildman–Crippen MR) is 123 cm³/mol. The van der Waals surface area contributed by atoms with Crippen molar-refractivity contribution in [2.45, 2.75) is 23.3 Å². The van der Waals surface area contributed by atoms with E-state index in [1.54, 1.807) is 48.9 Å². The molecule has 33 heavy (non-hydrogen) atoms. The van der Waals surface area contributed by atoms with Gasteiger partial charge < -0.3 is 4.57 Å². The molecule has 164 valence electrons. The van der Waals surface area contributed by atoms with Gasteiger partial charge in [0.05, 0.1) is 16.8 Å². The lowest BCUT2D eigenvalue weighted by molar-refractivity contribution is 0.591. The van der Waals surface area contributed by atoms with E-state index < -0.39 is 15.4 Å². The molecule has 5 rings (SSSR count). The van der Waals surface area contributed by atoms with Gasteiger partial charge >= 0.3 is 0 Å². The van der Waals surface area contributed by atoms with Crippen molar-refractivity contribution in [2.75, 3.05) is 0 Å². The summed E-state index contributed by atoms with van der Waals surface area (Å²) in [5, 5.41) is 8.93. The fraction of sp³-hybridized carbons (Fsp3) is 0.0833. The van der Waals surface area contributed by atoms with Crippen molar-refractivity contribution in [3.05, 3.63) is 106 Å². The van der Waals surface area contributed by atoms with E-state index in [1.165, 1.54) is 27.2 Å². The highest BCUT2D eigenvalue weighted by atomic mass is 32.2. The first-order chi connectivity index (χ1) is 15.9. The van der Waals surface area contributed by atoms with Gasteiger partial charge in [0.1, 0.15) is 21.7 Å². The molecule has 0 bridgehead atoms. The van der Waals surface area contributed by atoms with E-state index in [2.05, 4.69) is 9.97 Å². The van der Waals surface area contributed by atoms with E-state index in [0.717, 1.165) is 11.1 Å². The predicted octanol–water partition coefficient (Wildman–Crippen LogP) is 2.71. The molecule has 1 aromatic carbocycles. The third-order valence-electron chi connectivity index (χ3n) is 5.43. The van der Waals surface area contributed by atoms with Crippen LogP contribution in [0.1, 0.15) is 11.1 Å². The number of hydrogen-bond acceptors (Lipinski definition) is 6. The normalized spacial score (nSPS) is 11.8. The Kier molecular flexibility index (Phi) is 4.90. The smallest absolute Gasteiger partial charge is 0.267 e. The van der Waals surface area contributed by atoms with E-state index in [1.807, 2.05) is 19.1 Å². The first kappa shape index (κ1) is 20.8. The van der Waals surface area contributed by atoms with Gasteiger partial charge in [0.25, 0.3) is 5.56 Å². The molecule has 0 aliphatic heterocycles. The van der Waals surface area contributed by atoms with E-state index in [9.17, 15) is 13.2 Å². The number of nitrogens with zero attached hydrogens (tertiary/aromatic N) is 4. The van der Waals surface area contributed by atoms with Crippen LogP contribution in [0.25, 0.3) is 16.7 Å². The van der Waals surface area contributed by atoms with Crippen LogP contribution >= 0.6 is 0 Å². The lowest BCUT2D eigenvalue weighted by atomic mass is 10.2. The van der Waals surface area contributed by atoms with Crippen LogP contribution in [0, 0.1) is 12.3 Å². The number of nitrogens with one attached hydrogen (secondary N) is 1. The summed E-state index contributed by atoms with van der Waals surface area (Å²) < 4.78 is 29.8. The molecule has 5 aromatic rings. The van der Waals surface area contributed by atoms with Crippen LogP contribution in [0.3, 0.4) is 0 Å². The average Bonchev–Trinajstić information content (AvgIpc) is 2.82. The third kappa shape index (κ3) is 3.52. The Hall–Kier alpha value is -4.11. The summed E-state index contributed by atoms with van der Waals surface area (Å²) in [6.07, 6.45) is 4.92. The second-order valence-electron chi connectivity index (χ2n) is 7.71. The molecule has 0 fully saturated rings. The van der Waals surface area contributed by atoms with E-state index in [4.69, 9.17) is 5.41 Å². The molecule has 0 aliphatic carbocycles. The second-order valence-corrected chi connectivity index (χ2v) is 9.63. The van der Waals surface area contributed by atoms with Gasteiger partial charge in [-0.15, -0.1) is 0 Å². The molecule has 1 N–H and O–H groups in total. The van der Waals surface area contributed by atoms with Crippen molar-refractivity contribution in [1.29, 1.82) is 5.41 Å². The molecule has 0 saturated carbocycles. The summed E-state index contributed by atoms with van der Waals surface area (Å²) in [6.45, 7) is 1.99. The van der Waals surface area contributed by atoms with E-state index in [0.29, 0.717) is 5.65 Å². The summed E-state index contributed by atoms with van der Waals surface area (Å²) in [6, 6.07) is 16.3. The topological polar surface area (TPSA) is 110 Å². The Balaban J connectivity index is 1.90. The lowest BCUT2D eigenvalue weighted by Crippen LogP contribution is -2.30. The van der Waals surface area contributed by atoms with Crippen molar-refractivity contribution in [2.24, 2.45) is 0 Å². The number of pyridine rings is 3. The Labute approximate surface area is 188 Å². The van der Waals surface area contributed by atoms with Gasteiger partial charge in [0.2, 0.25) is 9.84 Å². The number of sulfone groups is 1. The zero-order valence-corrected chi connectivity index (χ0v) is 18.5. The quantitative estimate of drug-likeness (QED) is 0.417. The molecule has 0 saturated heterocycles. The molecule has 4 heterocycles. The molecule has 8 nitrogen and oxygen atoms in total. The number of fused-ring (bicyclic) bond motifs is 2. The summed E-state index contributed by atoms with van der Waals surface area (Å²) in [4.78, 5) is 21.9. The second kappa shape index (κ2) is 7.79. The highest BCUT2D eigenvalue weighted by Crippen LogP contribution is 2.21. The van der Waals surface area contributed by atoms with Crippen LogP contribution in [0.15, 0.2) is 93.8 Å². The maximum atomic E-state index is 13.5. The maximum absolute atomic E-state index is 13.5. The fourth-order valence-electron chi connectivity index (χ4n) is 3.78. The molecule has 9 heteroatoms. The van der Waals surface area contributed by atoms with Crippen LogP contribution in [0.4, 0.5) is 0 Å². The molecule has 0 aliphatic rings. The van der Waals surface area contributed by atoms with E-state index in [-0.39, 0.29) is 32.9 Å². The SMILES string of the molecule is Cc1ccc2nc3c(cc(S(=O)(=O)c4ccccc4)c(=N)n3Cc3cccnc3)c(=O)n2c1. The summed E-state index contributed by atoms with van der Waals surface area (Å²) >= 11 is 0. The molecule has 0 radical (unpaired) electrons. The highest BCUT2D eigenvalue weighted by molar-refractivity contribution is 7.91. The van der Waals surface area contributed by atoms with Crippen molar-refractivity contribution < 1.29 is 8.42 Å². The molecular weight excluding hydrogens is 438 g/mol. The van der Waals surface area contributed by atoms with Crippen LogP contribution in [-0.2, 0) is 16.4 Å². The van der Waals surface area contributed by atoms with Crippen molar-refractivity contribution >= 4 is 26.5 Å². The van der Waals surface area contributed by atoms with E-state index >= 15 is 0 Å². The summed E-state index contributed by atoms with van der Waals surface area (Å²) in [7, 11) is -4.05. The monoisotopic (exact) mass is 457 g/mol. The molecule has 0 spiro atoms. The van der Waals surface area contributed by atoms with Crippen molar-refractivity contribution in [1.82, 2.24) is 18.9 Å². The lowest BCUT2D eigenvalue weighted by Gasteiger charge is -2.15. The van der Waals surface area contributed by atoms with Crippen LogP contribution in [-0.4, -0.2) is 27.4 Å². The molecular formula is C24H19N5O3S. The van der Waals surface area contributed by atoms with Crippen molar-refractivity contribution in [3.63, 3.8) is 0 Å². The first-order valence-electron chi connectivity index (χ1n) is 10.2. The largest absolute Gasteiger partial charge is 0.305 e. The number of rotatable bonds is 4. The van der Waals surface area contributed by atoms with Gasteiger partial charge in [0, 0.05) is 18.6 Å². The summed E-state index contributed by atoms with van der Waals surface area (Å²) in [5.41, 5.74) is 1.61. The Morgan fingerprint density at radius 3 is 2.55 bits per heavy atom. The number of hydrogen-bond donors (Lipinski definition) is 1. The fourth-order valence-corrected chi connectivity index (χ4v) is 5.18. The van der Waals surface area contributed by atoms with Gasteiger partial charge in [-0.2, -0.15) is 0 Å². The van der Waals surface area contributed by atoms with Gasteiger partial charge in [-0.05, 0) is 48.4 Å². The zero-order valence-electron chi connectivity index (χ0n) is 17.6. The molecule has 0 amide bonds. The molecule has 0 atom stereocenters. The number of benzene rings is 1. The average molecular weight is 458 g/mol. The van der Waals surface area contributed by atoms with Crippen LogP contribution in [0.5, 0.6) is 0 Å². The van der Waals surface area contributed by atoms with Gasteiger partial charge in [-0.3, -0.25) is 19.6 Å². The third-order valence-corrected chi connectivity index (χ3v) is 7.21. The van der Waals surface area contributed by atoms with Gasteiger partial charge in [0.15, 0.2) is 0 Å². The number of aryl methyl sites for hydroxylation is 1. The molecule has 0 unspecified atom stereocenters. The van der Waals surface area contributed by atoms with Crippen molar-refractivity contribution in [3.8, 4) is 0 Å². The zero-order chi connectivity index (χ0) is 23.2. The number of aromatic nitrogens is 4. The Morgan fingerprint density at radius 1 is 1.03 bits per heavy atom. The Morgan fingerprint density at radius 2 is 1.82 bits per heavy atom. The Bertz CT molecular complexity index is 1740. The van der Waals surface area contributed by atoms with Crippen LogP contribution in [0.2, 0.25) is 0 Å². The first-order valence-corrected chi connectivity index (χ1v) is 11.6. The minimum atomic E-state index is -4.05. The summed E-state index contributed by atoms with van der Waals surface area (Å²) in [5.74, 6) is 0. The van der Waals surface area contributed by atoms with Gasteiger partial charge in [-0.1, -0.05) is 30.3 Å². The standard InChI is InChI=1S/C24H19N5O3S/c1-16-9-10-21-27-23-19(24(30)28(21)14-16)12-20(33(31,32)18-7-3-2-4-8-18)22(25)29(23)15-17-6-5-11-26-13-17/h2-14,25H,15H2,1H3.